The van der Waals surface area contributed by atoms with Gasteiger partial charge in [-0.25, -0.2) is 8.42 Å². The number of sulfone groups is 1. The molecule has 1 aliphatic heterocycles. The van der Waals surface area contributed by atoms with E-state index in [1.165, 1.54) is 0 Å². The molecule has 2 rings (SSSR count). The number of hydrogen-bond acceptors (Lipinski definition) is 4. The zero-order chi connectivity index (χ0) is 11.8. The molecular weight excluding hydrogens is 224 g/mol. The Balaban J connectivity index is 2.11. The van der Waals surface area contributed by atoms with Crippen LogP contribution in [0.15, 0.2) is 18.2 Å². The highest BCUT2D eigenvalue weighted by atomic mass is 32.2. The number of aryl methyl sites for hydroxylation is 1. The monoisotopic (exact) mass is 240 g/mol. The Morgan fingerprint density at radius 3 is 2.75 bits per heavy atom. The van der Waals surface area contributed by atoms with Crippen LogP contribution in [0.5, 0.6) is 0 Å². The van der Waals surface area contributed by atoms with Crippen molar-refractivity contribution in [1.82, 2.24) is 0 Å². The van der Waals surface area contributed by atoms with Gasteiger partial charge in [0.2, 0.25) is 0 Å². The molecule has 1 heterocycles. The van der Waals surface area contributed by atoms with E-state index in [0.717, 1.165) is 16.9 Å². The second-order valence-electron chi connectivity index (χ2n) is 4.32. The average molecular weight is 240 g/mol. The first-order valence-corrected chi connectivity index (χ1v) is 7.11. The first kappa shape index (κ1) is 11.3. The zero-order valence-corrected chi connectivity index (χ0v) is 10.0. The maximum atomic E-state index is 11.3. The summed E-state index contributed by atoms with van der Waals surface area (Å²) >= 11 is 0. The van der Waals surface area contributed by atoms with Crippen LogP contribution < -0.4 is 11.1 Å². The summed E-state index contributed by atoms with van der Waals surface area (Å²) in [4.78, 5) is 0. The molecule has 1 atom stereocenters. The van der Waals surface area contributed by atoms with Gasteiger partial charge in [-0.05, 0) is 37.1 Å². The lowest BCUT2D eigenvalue weighted by molar-refractivity contribution is 0.602. The zero-order valence-electron chi connectivity index (χ0n) is 9.23. The Morgan fingerprint density at radius 1 is 1.44 bits per heavy atom. The number of benzene rings is 1. The van der Waals surface area contributed by atoms with E-state index in [4.69, 9.17) is 5.73 Å². The van der Waals surface area contributed by atoms with Crippen molar-refractivity contribution in [3.8, 4) is 0 Å². The van der Waals surface area contributed by atoms with Gasteiger partial charge in [-0.1, -0.05) is 0 Å². The molecule has 88 valence electrons. The first-order chi connectivity index (χ1) is 7.46. The maximum Gasteiger partial charge on any atom is 0.152 e. The topological polar surface area (TPSA) is 72.2 Å². The fourth-order valence-corrected chi connectivity index (χ4v) is 3.65. The van der Waals surface area contributed by atoms with Crippen molar-refractivity contribution >= 4 is 21.2 Å². The molecule has 4 nitrogen and oxygen atoms in total. The third-order valence-corrected chi connectivity index (χ3v) is 4.61. The number of nitrogen functional groups attached to an aromatic ring is 1. The van der Waals surface area contributed by atoms with E-state index in [9.17, 15) is 8.42 Å². The molecule has 0 bridgehead atoms. The largest absolute Gasteiger partial charge is 0.399 e. The Morgan fingerprint density at radius 2 is 2.19 bits per heavy atom. The second-order valence-corrected chi connectivity index (χ2v) is 6.55. The Hall–Kier alpha value is -1.23. The molecular formula is C11H16N2O2S. The van der Waals surface area contributed by atoms with Crippen LogP contribution in [0.1, 0.15) is 12.0 Å². The van der Waals surface area contributed by atoms with Crippen molar-refractivity contribution in [1.29, 1.82) is 0 Å². The van der Waals surface area contributed by atoms with Gasteiger partial charge in [0.1, 0.15) is 0 Å². The number of hydrogen-bond donors (Lipinski definition) is 2. The van der Waals surface area contributed by atoms with Crippen LogP contribution in [0, 0.1) is 6.92 Å². The summed E-state index contributed by atoms with van der Waals surface area (Å²) in [6.45, 7) is 1.96. The second kappa shape index (κ2) is 3.97. The molecule has 1 fully saturated rings. The van der Waals surface area contributed by atoms with Crippen molar-refractivity contribution < 1.29 is 8.42 Å². The number of nitrogens with two attached hydrogens (primary N) is 1. The number of anilines is 2. The summed E-state index contributed by atoms with van der Waals surface area (Å²) in [5.74, 6) is 0.523. The Labute approximate surface area is 95.8 Å². The minimum atomic E-state index is -2.82. The molecule has 0 spiro atoms. The predicted molar refractivity (Wildman–Crippen MR) is 66.3 cm³/mol. The van der Waals surface area contributed by atoms with Gasteiger partial charge in [0.05, 0.1) is 11.5 Å². The molecule has 1 aromatic carbocycles. The lowest BCUT2D eigenvalue weighted by atomic mass is 10.1. The Bertz CT molecular complexity index is 497. The van der Waals surface area contributed by atoms with Crippen molar-refractivity contribution in [2.45, 2.75) is 19.4 Å². The van der Waals surface area contributed by atoms with Crippen molar-refractivity contribution in [2.75, 3.05) is 22.6 Å². The smallest absolute Gasteiger partial charge is 0.152 e. The third-order valence-electron chi connectivity index (χ3n) is 2.84. The van der Waals surface area contributed by atoms with Gasteiger partial charge in [-0.15, -0.1) is 0 Å². The van der Waals surface area contributed by atoms with Crippen LogP contribution in [0.4, 0.5) is 11.4 Å². The first-order valence-electron chi connectivity index (χ1n) is 5.29. The summed E-state index contributed by atoms with van der Waals surface area (Å²) in [5.41, 5.74) is 8.39. The number of nitrogens with one attached hydrogen (secondary N) is 1. The van der Waals surface area contributed by atoms with Crippen LogP contribution >= 0.6 is 0 Å². The van der Waals surface area contributed by atoms with Gasteiger partial charge in [0.15, 0.2) is 9.84 Å². The minimum Gasteiger partial charge on any atom is -0.399 e. The van der Waals surface area contributed by atoms with Crippen LogP contribution in [-0.4, -0.2) is 26.0 Å². The van der Waals surface area contributed by atoms with Gasteiger partial charge in [-0.3, -0.25) is 0 Å². The predicted octanol–water partition coefficient (Wildman–Crippen LogP) is 1.18. The fraction of sp³-hybridized carbons (Fsp3) is 0.455. The fourth-order valence-electron chi connectivity index (χ4n) is 1.98. The van der Waals surface area contributed by atoms with E-state index in [1.807, 2.05) is 25.1 Å². The van der Waals surface area contributed by atoms with E-state index < -0.39 is 9.84 Å². The standard InChI is InChI=1S/C11H16N2O2S/c1-8-6-9(12)2-3-11(8)13-10-4-5-16(14,15)7-10/h2-3,6,10,13H,4-5,7,12H2,1H3. The third kappa shape index (κ3) is 2.47. The average Bonchev–Trinajstić information content (AvgIpc) is 2.51. The van der Waals surface area contributed by atoms with Crippen LogP contribution in [-0.2, 0) is 9.84 Å². The summed E-state index contributed by atoms with van der Waals surface area (Å²) in [6, 6.07) is 5.63. The van der Waals surface area contributed by atoms with E-state index in [0.29, 0.717) is 12.2 Å². The molecule has 0 aliphatic carbocycles. The molecule has 0 amide bonds. The maximum absolute atomic E-state index is 11.3. The lowest BCUT2D eigenvalue weighted by Crippen LogP contribution is -2.21. The highest BCUT2D eigenvalue weighted by Crippen LogP contribution is 2.22. The lowest BCUT2D eigenvalue weighted by Gasteiger charge is -2.14. The highest BCUT2D eigenvalue weighted by Gasteiger charge is 2.27. The minimum absolute atomic E-state index is 0.0346. The van der Waals surface area contributed by atoms with Gasteiger partial charge in [0, 0.05) is 17.4 Å². The summed E-state index contributed by atoms with van der Waals surface area (Å²) in [7, 11) is -2.82. The Kier molecular flexibility index (Phi) is 2.80. The van der Waals surface area contributed by atoms with Crippen molar-refractivity contribution in [3.05, 3.63) is 23.8 Å². The molecule has 1 aromatic rings. The van der Waals surface area contributed by atoms with Gasteiger partial charge in [-0.2, -0.15) is 0 Å². The summed E-state index contributed by atoms with van der Waals surface area (Å²) < 4.78 is 22.6. The molecule has 1 saturated heterocycles. The summed E-state index contributed by atoms with van der Waals surface area (Å²) in [6.07, 6.45) is 0.687. The van der Waals surface area contributed by atoms with Gasteiger partial charge < -0.3 is 11.1 Å². The van der Waals surface area contributed by atoms with E-state index in [2.05, 4.69) is 5.32 Å². The molecule has 0 radical (unpaired) electrons. The van der Waals surface area contributed by atoms with Crippen molar-refractivity contribution in [3.63, 3.8) is 0 Å². The molecule has 3 N–H and O–H groups in total. The highest BCUT2D eigenvalue weighted by molar-refractivity contribution is 7.91. The quantitative estimate of drug-likeness (QED) is 0.761. The van der Waals surface area contributed by atoms with Gasteiger partial charge >= 0.3 is 0 Å². The molecule has 0 saturated carbocycles. The molecule has 5 heteroatoms. The number of rotatable bonds is 2. The van der Waals surface area contributed by atoms with Crippen LogP contribution in [0.25, 0.3) is 0 Å². The molecule has 1 unspecified atom stereocenters. The van der Waals surface area contributed by atoms with E-state index in [-0.39, 0.29) is 11.8 Å². The molecule has 16 heavy (non-hydrogen) atoms. The van der Waals surface area contributed by atoms with Crippen LogP contribution in [0.3, 0.4) is 0 Å². The normalized spacial score (nSPS) is 23.2. The van der Waals surface area contributed by atoms with Crippen molar-refractivity contribution in [2.24, 2.45) is 0 Å². The van der Waals surface area contributed by atoms with Crippen LogP contribution in [0.2, 0.25) is 0 Å². The van der Waals surface area contributed by atoms with E-state index in [1.54, 1.807) is 0 Å². The SMILES string of the molecule is Cc1cc(N)ccc1NC1CCS(=O)(=O)C1. The van der Waals surface area contributed by atoms with E-state index >= 15 is 0 Å². The summed E-state index contributed by atoms with van der Waals surface area (Å²) in [5, 5.41) is 3.26. The molecule has 0 aromatic heterocycles. The van der Waals surface area contributed by atoms with Gasteiger partial charge in [0.25, 0.3) is 0 Å². The molecule has 1 aliphatic rings.